The van der Waals surface area contributed by atoms with Crippen molar-refractivity contribution in [2.45, 2.75) is 97.2 Å². The lowest BCUT2D eigenvalue weighted by Gasteiger charge is -2.10. The molecule has 0 aliphatic rings. The summed E-state index contributed by atoms with van der Waals surface area (Å²) in [6.45, 7) is 6.35. The molecule has 0 fully saturated rings. The Morgan fingerprint density at radius 1 is 1.12 bits per heavy atom. The SMILES string of the molecule is CCCCCC(O)CCn1ccc[n+]1CCCCCCC(=O)OCC. The molecule has 0 saturated carbocycles. The van der Waals surface area contributed by atoms with E-state index in [0.717, 1.165) is 58.0 Å². The summed E-state index contributed by atoms with van der Waals surface area (Å²) in [4.78, 5) is 11.3. The van der Waals surface area contributed by atoms with Crippen molar-refractivity contribution in [3.8, 4) is 0 Å². The van der Waals surface area contributed by atoms with Crippen LogP contribution in [0.2, 0.25) is 0 Å². The molecule has 25 heavy (non-hydrogen) atoms. The number of ether oxygens (including phenoxy) is 1. The van der Waals surface area contributed by atoms with Crippen LogP contribution in [0.25, 0.3) is 0 Å². The van der Waals surface area contributed by atoms with Gasteiger partial charge in [-0.3, -0.25) is 4.79 Å². The van der Waals surface area contributed by atoms with E-state index in [9.17, 15) is 9.90 Å². The molecule has 0 aliphatic carbocycles. The van der Waals surface area contributed by atoms with Crippen molar-refractivity contribution in [3.05, 3.63) is 18.5 Å². The van der Waals surface area contributed by atoms with E-state index in [1.54, 1.807) is 0 Å². The maximum atomic E-state index is 11.3. The van der Waals surface area contributed by atoms with E-state index in [1.165, 1.54) is 12.8 Å². The van der Waals surface area contributed by atoms with E-state index in [0.29, 0.717) is 13.0 Å². The first-order valence-electron chi connectivity index (χ1n) is 10.1. The molecule has 0 radical (unpaired) electrons. The monoisotopic (exact) mass is 353 g/mol. The summed E-state index contributed by atoms with van der Waals surface area (Å²) in [5.74, 6) is -0.0803. The van der Waals surface area contributed by atoms with Crippen LogP contribution >= 0.6 is 0 Å². The predicted octanol–water partition coefficient (Wildman–Crippen LogP) is 3.62. The minimum Gasteiger partial charge on any atom is -0.466 e. The van der Waals surface area contributed by atoms with Gasteiger partial charge in [0.1, 0.15) is 0 Å². The van der Waals surface area contributed by atoms with Crippen LogP contribution < -0.4 is 4.68 Å². The van der Waals surface area contributed by atoms with E-state index < -0.39 is 0 Å². The Morgan fingerprint density at radius 3 is 2.68 bits per heavy atom. The summed E-state index contributed by atoms with van der Waals surface area (Å²) in [6.07, 6.45) is 14.0. The Kier molecular flexibility index (Phi) is 12.0. The fourth-order valence-electron chi connectivity index (χ4n) is 3.00. The molecular formula is C20H37N2O3+. The van der Waals surface area contributed by atoms with Crippen molar-refractivity contribution < 1.29 is 19.3 Å². The second-order valence-corrected chi connectivity index (χ2v) is 6.72. The van der Waals surface area contributed by atoms with Crippen LogP contribution in [0.15, 0.2) is 18.5 Å². The number of esters is 1. The van der Waals surface area contributed by atoms with Crippen LogP contribution in [0.1, 0.15) is 78.1 Å². The fourth-order valence-corrected chi connectivity index (χ4v) is 3.00. The third kappa shape index (κ3) is 10.3. The molecule has 5 heteroatoms. The van der Waals surface area contributed by atoms with E-state index in [2.05, 4.69) is 34.7 Å². The molecule has 1 N–H and O–H groups in total. The Labute approximate surface area is 153 Å². The number of unbranched alkanes of at least 4 members (excludes halogenated alkanes) is 5. The standard InChI is InChI=1S/C20H37N2O3/c1-3-5-8-12-19(23)14-18-22-17-11-16-21(22)15-10-7-6-9-13-20(24)25-4-2/h11,16-17,19,23H,3-10,12-15,18H2,1-2H3/q+1. The predicted molar refractivity (Wildman–Crippen MR) is 99.1 cm³/mol. The highest BCUT2D eigenvalue weighted by molar-refractivity contribution is 5.69. The van der Waals surface area contributed by atoms with Crippen molar-refractivity contribution in [2.24, 2.45) is 0 Å². The van der Waals surface area contributed by atoms with Gasteiger partial charge in [-0.05, 0) is 32.6 Å². The minimum atomic E-state index is -0.190. The van der Waals surface area contributed by atoms with Gasteiger partial charge in [0, 0.05) is 18.9 Å². The van der Waals surface area contributed by atoms with Gasteiger partial charge in [-0.1, -0.05) is 32.6 Å². The summed E-state index contributed by atoms with van der Waals surface area (Å²) in [7, 11) is 0. The van der Waals surface area contributed by atoms with Crippen molar-refractivity contribution in [1.29, 1.82) is 0 Å². The quantitative estimate of drug-likeness (QED) is 0.298. The molecule has 1 atom stereocenters. The third-order valence-electron chi connectivity index (χ3n) is 4.50. The third-order valence-corrected chi connectivity index (χ3v) is 4.50. The molecule has 0 aliphatic heterocycles. The largest absolute Gasteiger partial charge is 0.466 e. The Balaban J connectivity index is 2.15. The van der Waals surface area contributed by atoms with Gasteiger partial charge in [0.25, 0.3) is 0 Å². The van der Waals surface area contributed by atoms with Gasteiger partial charge >= 0.3 is 5.97 Å². The number of carbonyl (C=O) groups is 1. The topological polar surface area (TPSA) is 55.3 Å². The zero-order chi connectivity index (χ0) is 18.3. The second-order valence-electron chi connectivity index (χ2n) is 6.72. The number of aromatic nitrogens is 2. The van der Waals surface area contributed by atoms with Crippen LogP contribution in [0.3, 0.4) is 0 Å². The summed E-state index contributed by atoms with van der Waals surface area (Å²) in [5, 5.41) is 10.1. The van der Waals surface area contributed by atoms with Gasteiger partial charge in [-0.15, -0.1) is 4.68 Å². The lowest BCUT2D eigenvalue weighted by molar-refractivity contribution is -0.776. The number of aliphatic hydroxyl groups is 1. The van der Waals surface area contributed by atoms with Gasteiger partial charge in [0.2, 0.25) is 0 Å². The molecule has 0 spiro atoms. The molecule has 0 saturated heterocycles. The van der Waals surface area contributed by atoms with Crippen molar-refractivity contribution in [3.63, 3.8) is 0 Å². The molecule has 1 aromatic heterocycles. The highest BCUT2D eigenvalue weighted by atomic mass is 16.5. The van der Waals surface area contributed by atoms with E-state index in [4.69, 9.17) is 4.74 Å². The number of rotatable bonds is 15. The van der Waals surface area contributed by atoms with Gasteiger partial charge in [0.05, 0.1) is 25.5 Å². The summed E-state index contributed by atoms with van der Waals surface area (Å²) < 4.78 is 9.36. The van der Waals surface area contributed by atoms with Crippen LogP contribution in [-0.2, 0) is 22.6 Å². The molecule has 0 aromatic carbocycles. The van der Waals surface area contributed by atoms with Crippen LogP contribution in [0.5, 0.6) is 0 Å². The molecule has 5 nitrogen and oxygen atoms in total. The lowest BCUT2D eigenvalue weighted by Crippen LogP contribution is -2.42. The van der Waals surface area contributed by atoms with E-state index in [-0.39, 0.29) is 12.1 Å². The number of nitrogens with zero attached hydrogens (tertiary/aromatic N) is 2. The number of hydrogen-bond acceptors (Lipinski definition) is 3. The van der Waals surface area contributed by atoms with Crippen LogP contribution in [0, 0.1) is 0 Å². The summed E-state index contributed by atoms with van der Waals surface area (Å²) >= 11 is 0. The molecule has 1 unspecified atom stereocenters. The fraction of sp³-hybridized carbons (Fsp3) is 0.800. The minimum absolute atomic E-state index is 0.0803. The highest BCUT2D eigenvalue weighted by Crippen LogP contribution is 2.07. The normalized spacial score (nSPS) is 12.3. The first kappa shape index (κ1) is 21.7. The van der Waals surface area contributed by atoms with Crippen molar-refractivity contribution in [2.75, 3.05) is 6.61 Å². The van der Waals surface area contributed by atoms with Crippen molar-refractivity contribution >= 4 is 5.97 Å². The molecular weight excluding hydrogens is 316 g/mol. The van der Waals surface area contributed by atoms with Crippen LogP contribution in [0.4, 0.5) is 0 Å². The number of hydrogen-bond donors (Lipinski definition) is 1. The van der Waals surface area contributed by atoms with Crippen molar-refractivity contribution in [1.82, 2.24) is 4.68 Å². The molecule has 0 amide bonds. The van der Waals surface area contributed by atoms with E-state index >= 15 is 0 Å². The zero-order valence-electron chi connectivity index (χ0n) is 16.2. The number of carbonyl (C=O) groups excluding carboxylic acids is 1. The Morgan fingerprint density at radius 2 is 1.92 bits per heavy atom. The van der Waals surface area contributed by atoms with Gasteiger partial charge in [-0.2, -0.15) is 4.68 Å². The average Bonchev–Trinajstić information content (AvgIpc) is 3.04. The van der Waals surface area contributed by atoms with Gasteiger partial charge in [0.15, 0.2) is 12.7 Å². The Bertz CT molecular complexity index is 460. The maximum absolute atomic E-state index is 11.3. The zero-order valence-corrected chi connectivity index (χ0v) is 16.2. The second kappa shape index (κ2) is 13.9. The molecule has 1 heterocycles. The molecule has 1 rings (SSSR count). The maximum Gasteiger partial charge on any atom is 0.305 e. The molecule has 1 aromatic rings. The average molecular weight is 354 g/mol. The van der Waals surface area contributed by atoms with E-state index in [1.807, 2.05) is 6.92 Å². The first-order valence-corrected chi connectivity index (χ1v) is 10.1. The number of aliphatic hydroxyl groups excluding tert-OH is 1. The Hall–Kier alpha value is -1.36. The summed E-state index contributed by atoms with van der Waals surface area (Å²) in [5.41, 5.74) is 0. The molecule has 144 valence electrons. The first-order chi connectivity index (χ1) is 12.2. The smallest absolute Gasteiger partial charge is 0.305 e. The number of aryl methyl sites for hydroxylation is 2. The van der Waals surface area contributed by atoms with Crippen LogP contribution in [-0.4, -0.2) is 28.5 Å². The molecule has 0 bridgehead atoms. The van der Waals surface area contributed by atoms with Gasteiger partial charge in [-0.25, -0.2) is 0 Å². The highest BCUT2D eigenvalue weighted by Gasteiger charge is 2.11. The summed E-state index contributed by atoms with van der Waals surface area (Å²) in [6, 6.07) is 2.06. The van der Waals surface area contributed by atoms with Gasteiger partial charge < -0.3 is 9.84 Å². The lowest BCUT2D eigenvalue weighted by atomic mass is 10.1.